The third-order valence-electron chi connectivity index (χ3n) is 2.91. The van der Waals surface area contributed by atoms with E-state index >= 15 is 0 Å². The minimum absolute atomic E-state index is 0.304. The van der Waals surface area contributed by atoms with Crippen molar-refractivity contribution in [1.82, 2.24) is 0 Å². The maximum absolute atomic E-state index is 13.5. The predicted octanol–water partition coefficient (Wildman–Crippen LogP) is 3.71. The number of rotatable bonds is 4. The predicted molar refractivity (Wildman–Crippen MR) is 78.5 cm³/mol. The van der Waals surface area contributed by atoms with Crippen molar-refractivity contribution < 1.29 is 14.3 Å². The van der Waals surface area contributed by atoms with Crippen molar-refractivity contribution in [2.75, 3.05) is 5.73 Å². The van der Waals surface area contributed by atoms with Gasteiger partial charge in [0, 0.05) is 16.3 Å². The molecule has 0 spiro atoms. The van der Waals surface area contributed by atoms with Gasteiger partial charge in [-0.25, -0.2) is 9.18 Å². The van der Waals surface area contributed by atoms with E-state index in [9.17, 15) is 9.18 Å². The fourth-order valence-electron chi connectivity index (χ4n) is 1.73. The van der Waals surface area contributed by atoms with E-state index in [0.29, 0.717) is 5.75 Å². The molecule has 0 aromatic heterocycles. The molecule has 0 aliphatic carbocycles. The molecule has 2 rings (SSSR count). The molecule has 0 aliphatic rings. The Morgan fingerprint density at radius 1 is 1.30 bits per heavy atom. The highest BCUT2D eigenvalue weighted by atomic mass is 32.2. The zero-order valence-corrected chi connectivity index (χ0v) is 11.7. The second kappa shape index (κ2) is 5.96. The summed E-state index contributed by atoms with van der Waals surface area (Å²) in [5, 5.41) is 8.76. The van der Waals surface area contributed by atoms with Crippen molar-refractivity contribution in [3.05, 3.63) is 58.9 Å². The van der Waals surface area contributed by atoms with Crippen LogP contribution in [0.2, 0.25) is 0 Å². The number of anilines is 1. The highest BCUT2D eigenvalue weighted by Crippen LogP contribution is 2.26. The number of halogens is 1. The first kappa shape index (κ1) is 14.4. The van der Waals surface area contributed by atoms with E-state index in [1.807, 2.05) is 25.1 Å². The molecule has 0 atom stereocenters. The first-order chi connectivity index (χ1) is 9.47. The molecule has 0 radical (unpaired) electrons. The number of carbonyl (C=O) groups is 1. The summed E-state index contributed by atoms with van der Waals surface area (Å²) in [4.78, 5) is 11.8. The van der Waals surface area contributed by atoms with Crippen molar-refractivity contribution in [3.8, 4) is 0 Å². The summed E-state index contributed by atoms with van der Waals surface area (Å²) in [6.45, 7) is 1.93. The van der Waals surface area contributed by atoms with Crippen molar-refractivity contribution in [2.45, 2.75) is 17.6 Å². The van der Waals surface area contributed by atoms with Crippen LogP contribution in [-0.2, 0) is 5.75 Å². The zero-order valence-electron chi connectivity index (χ0n) is 10.9. The van der Waals surface area contributed by atoms with Gasteiger partial charge in [0.2, 0.25) is 0 Å². The number of aromatic carboxylic acids is 1. The van der Waals surface area contributed by atoms with Crippen molar-refractivity contribution in [2.24, 2.45) is 0 Å². The summed E-state index contributed by atoms with van der Waals surface area (Å²) in [7, 11) is 0. The van der Waals surface area contributed by atoms with Crippen LogP contribution in [0.3, 0.4) is 0 Å². The lowest BCUT2D eigenvalue weighted by molar-refractivity contribution is 0.0692. The summed E-state index contributed by atoms with van der Waals surface area (Å²) >= 11 is 1.55. The maximum atomic E-state index is 13.5. The Labute approximate surface area is 120 Å². The summed E-state index contributed by atoms with van der Waals surface area (Å²) in [6, 6.07) is 9.91. The topological polar surface area (TPSA) is 63.3 Å². The van der Waals surface area contributed by atoms with E-state index in [1.54, 1.807) is 17.8 Å². The summed E-state index contributed by atoms with van der Waals surface area (Å²) in [6.07, 6.45) is 0. The molecule has 2 aromatic carbocycles. The van der Waals surface area contributed by atoms with Gasteiger partial charge in [-0.3, -0.25) is 0 Å². The van der Waals surface area contributed by atoms with Gasteiger partial charge in [0.05, 0.1) is 5.56 Å². The van der Waals surface area contributed by atoms with Gasteiger partial charge in [-0.15, -0.1) is 11.8 Å². The average molecular weight is 291 g/mol. The zero-order chi connectivity index (χ0) is 14.7. The fraction of sp³-hybridized carbons (Fsp3) is 0.133. The van der Waals surface area contributed by atoms with Crippen LogP contribution >= 0.6 is 11.8 Å². The van der Waals surface area contributed by atoms with E-state index in [1.165, 1.54) is 12.1 Å². The van der Waals surface area contributed by atoms with Crippen LogP contribution in [-0.4, -0.2) is 11.1 Å². The smallest absolute Gasteiger partial charge is 0.338 e. The number of hydrogen-bond donors (Lipinski definition) is 2. The number of carboxylic acids is 1. The van der Waals surface area contributed by atoms with Crippen molar-refractivity contribution >= 4 is 23.4 Å². The second-order valence-electron chi connectivity index (χ2n) is 4.43. The highest BCUT2D eigenvalue weighted by Gasteiger charge is 2.10. The van der Waals surface area contributed by atoms with Gasteiger partial charge >= 0.3 is 5.97 Å². The lowest BCUT2D eigenvalue weighted by Crippen LogP contribution is -2.00. The molecule has 2 aromatic rings. The largest absolute Gasteiger partial charge is 0.478 e. The Balaban J connectivity index is 2.09. The number of carboxylic acid groups (broad SMARTS) is 1. The quantitative estimate of drug-likeness (QED) is 0.666. The molecule has 0 unspecified atom stereocenters. The summed E-state index contributed by atoms with van der Waals surface area (Å²) in [5.74, 6) is -1.39. The normalized spacial score (nSPS) is 10.5. The Hall–Kier alpha value is -2.01. The minimum Gasteiger partial charge on any atom is -0.478 e. The molecule has 0 aliphatic heterocycles. The number of thioether (sulfide) groups is 1. The molecule has 5 heteroatoms. The van der Waals surface area contributed by atoms with Crippen LogP contribution in [0.1, 0.15) is 21.5 Å². The maximum Gasteiger partial charge on any atom is 0.338 e. The number of nitrogen functional groups attached to an aromatic ring is 1. The summed E-state index contributed by atoms with van der Waals surface area (Å²) < 4.78 is 13.5. The number of aryl methyl sites for hydroxylation is 1. The minimum atomic E-state index is -1.25. The van der Waals surface area contributed by atoms with Crippen LogP contribution in [0.5, 0.6) is 0 Å². The molecule has 3 nitrogen and oxygen atoms in total. The van der Waals surface area contributed by atoms with Crippen LogP contribution in [0.25, 0.3) is 0 Å². The fourth-order valence-corrected chi connectivity index (χ4v) is 2.66. The molecule has 0 amide bonds. The van der Waals surface area contributed by atoms with E-state index in [2.05, 4.69) is 0 Å². The van der Waals surface area contributed by atoms with E-state index in [0.717, 1.165) is 21.7 Å². The number of benzene rings is 2. The van der Waals surface area contributed by atoms with E-state index in [-0.39, 0.29) is 5.56 Å². The van der Waals surface area contributed by atoms with Gasteiger partial charge < -0.3 is 10.8 Å². The standard InChI is InChI=1S/C15H14FNO2S/c1-9-6-11(3-5-14(9)17)20-8-10-2-4-12(15(18)19)13(16)7-10/h2-7H,8,17H2,1H3,(H,18,19). The molecule has 20 heavy (non-hydrogen) atoms. The van der Waals surface area contributed by atoms with Crippen LogP contribution in [0, 0.1) is 12.7 Å². The molecule has 0 fully saturated rings. The molecule has 3 N–H and O–H groups in total. The Morgan fingerprint density at radius 2 is 2.05 bits per heavy atom. The molecular weight excluding hydrogens is 277 g/mol. The molecule has 0 heterocycles. The first-order valence-electron chi connectivity index (χ1n) is 5.98. The SMILES string of the molecule is Cc1cc(SCc2ccc(C(=O)O)c(F)c2)ccc1N. The van der Waals surface area contributed by atoms with Gasteiger partial charge in [0.25, 0.3) is 0 Å². The molecule has 0 saturated carbocycles. The molecule has 104 valence electrons. The van der Waals surface area contributed by atoms with Gasteiger partial charge in [0.15, 0.2) is 0 Å². The number of nitrogens with two attached hydrogens (primary N) is 1. The van der Waals surface area contributed by atoms with Gasteiger partial charge in [-0.1, -0.05) is 6.07 Å². The number of hydrogen-bond acceptors (Lipinski definition) is 3. The van der Waals surface area contributed by atoms with Gasteiger partial charge in [-0.05, 0) is 48.4 Å². The van der Waals surface area contributed by atoms with Gasteiger partial charge in [-0.2, -0.15) is 0 Å². The molecule has 0 bridgehead atoms. The Kier molecular flexibility index (Phi) is 4.29. The van der Waals surface area contributed by atoms with E-state index < -0.39 is 11.8 Å². The third kappa shape index (κ3) is 3.30. The Bertz CT molecular complexity index is 658. The molecule has 0 saturated heterocycles. The highest BCUT2D eigenvalue weighted by molar-refractivity contribution is 7.98. The van der Waals surface area contributed by atoms with E-state index in [4.69, 9.17) is 10.8 Å². The second-order valence-corrected chi connectivity index (χ2v) is 5.48. The van der Waals surface area contributed by atoms with Crippen molar-refractivity contribution in [1.29, 1.82) is 0 Å². The monoisotopic (exact) mass is 291 g/mol. The Morgan fingerprint density at radius 3 is 2.65 bits per heavy atom. The van der Waals surface area contributed by atoms with Crippen LogP contribution in [0.4, 0.5) is 10.1 Å². The lowest BCUT2D eigenvalue weighted by atomic mass is 10.1. The van der Waals surface area contributed by atoms with Crippen LogP contribution < -0.4 is 5.73 Å². The lowest BCUT2D eigenvalue weighted by Gasteiger charge is -2.06. The molecular formula is C15H14FNO2S. The summed E-state index contributed by atoms with van der Waals surface area (Å²) in [5.41, 5.74) is 7.93. The first-order valence-corrected chi connectivity index (χ1v) is 6.96. The van der Waals surface area contributed by atoms with Crippen molar-refractivity contribution in [3.63, 3.8) is 0 Å². The average Bonchev–Trinajstić information content (AvgIpc) is 2.40. The van der Waals surface area contributed by atoms with Crippen LogP contribution in [0.15, 0.2) is 41.3 Å². The van der Waals surface area contributed by atoms with Gasteiger partial charge in [0.1, 0.15) is 5.82 Å². The third-order valence-corrected chi connectivity index (χ3v) is 3.98.